The summed E-state index contributed by atoms with van der Waals surface area (Å²) in [6.45, 7) is 3.13. The molecule has 152 valence electrons. The number of carbonyl (C=O) groups excluding carboxylic acids is 2. The van der Waals surface area contributed by atoms with Gasteiger partial charge in [-0.1, -0.05) is 0 Å². The van der Waals surface area contributed by atoms with Crippen molar-refractivity contribution in [3.8, 4) is 0 Å². The quantitative estimate of drug-likeness (QED) is 0.830. The molecule has 0 bridgehead atoms. The Bertz CT molecular complexity index is 777. The van der Waals surface area contributed by atoms with Gasteiger partial charge < -0.3 is 19.5 Å². The average Bonchev–Trinajstić information content (AvgIpc) is 3.41. The smallest absolute Gasteiger partial charge is 0.291 e. The number of likely N-dealkylation sites (tertiary alicyclic amines) is 2. The van der Waals surface area contributed by atoms with Crippen LogP contribution in [0.25, 0.3) is 0 Å². The maximum Gasteiger partial charge on any atom is 0.291 e. The number of hydrogen-bond acceptors (Lipinski definition) is 5. The molecule has 2 amide bonds. The lowest BCUT2D eigenvalue weighted by molar-refractivity contribution is -0.156. The largest absolute Gasteiger partial charge is 0.391 e. The molecular weight excluding hydrogens is 358 g/mol. The maximum absolute atomic E-state index is 13.2. The van der Waals surface area contributed by atoms with E-state index in [4.69, 9.17) is 0 Å². The Morgan fingerprint density at radius 3 is 2.68 bits per heavy atom. The molecule has 1 aromatic heterocycles. The summed E-state index contributed by atoms with van der Waals surface area (Å²) in [6.07, 6.45) is 6.73. The van der Waals surface area contributed by atoms with Crippen molar-refractivity contribution in [3.63, 3.8) is 0 Å². The van der Waals surface area contributed by atoms with Gasteiger partial charge in [-0.2, -0.15) is 0 Å². The first-order chi connectivity index (χ1) is 13.6. The van der Waals surface area contributed by atoms with Crippen molar-refractivity contribution in [1.29, 1.82) is 0 Å². The van der Waals surface area contributed by atoms with E-state index in [1.54, 1.807) is 0 Å². The van der Waals surface area contributed by atoms with E-state index in [0.717, 1.165) is 38.2 Å². The van der Waals surface area contributed by atoms with E-state index in [1.165, 1.54) is 12.8 Å². The number of piperidine rings is 2. The molecule has 8 heteroatoms. The fourth-order valence-electron chi connectivity index (χ4n) is 5.21. The molecule has 28 heavy (non-hydrogen) atoms. The molecular formula is C20H29N5O3. The lowest BCUT2D eigenvalue weighted by Crippen LogP contribution is -2.58. The van der Waals surface area contributed by atoms with Crippen LogP contribution in [0.3, 0.4) is 0 Å². The molecule has 3 fully saturated rings. The van der Waals surface area contributed by atoms with Crippen LogP contribution < -0.4 is 0 Å². The number of amides is 2. The zero-order chi connectivity index (χ0) is 19.3. The fraction of sp³-hybridized carbons (Fsp3) is 0.800. The summed E-state index contributed by atoms with van der Waals surface area (Å²) in [4.78, 5) is 29.9. The number of aromatic nitrogens is 3. The second kappa shape index (κ2) is 6.83. The molecule has 2 saturated heterocycles. The standard InChI is InChI=1S/C20H29N5O3/c26-15-11-20(19(28)24(13-15)12-14-4-5-14)6-9-23(10-7-20)18(27)17-22-21-16-3-1-2-8-25(16)17/h14-15,26H,1-13H2. The van der Waals surface area contributed by atoms with E-state index in [0.29, 0.717) is 50.6 Å². The molecule has 0 aromatic carbocycles. The van der Waals surface area contributed by atoms with Crippen molar-refractivity contribution >= 4 is 11.8 Å². The van der Waals surface area contributed by atoms with Gasteiger partial charge in [-0.15, -0.1) is 10.2 Å². The molecule has 8 nitrogen and oxygen atoms in total. The van der Waals surface area contributed by atoms with Gasteiger partial charge in [-0.25, -0.2) is 0 Å². The Balaban J connectivity index is 1.28. The number of rotatable bonds is 3. The molecule has 1 spiro atoms. The lowest BCUT2D eigenvalue weighted by atomic mass is 9.70. The minimum Gasteiger partial charge on any atom is -0.391 e. The van der Waals surface area contributed by atoms with Gasteiger partial charge in [0.05, 0.1) is 11.5 Å². The third-order valence-electron chi connectivity index (χ3n) is 7.03. The van der Waals surface area contributed by atoms with Crippen LogP contribution in [0.5, 0.6) is 0 Å². The maximum atomic E-state index is 13.2. The van der Waals surface area contributed by atoms with E-state index < -0.39 is 11.5 Å². The van der Waals surface area contributed by atoms with E-state index >= 15 is 0 Å². The second-order valence-corrected chi connectivity index (χ2v) is 9.13. The third-order valence-corrected chi connectivity index (χ3v) is 7.03. The van der Waals surface area contributed by atoms with Gasteiger partial charge in [0.15, 0.2) is 0 Å². The number of nitrogens with zero attached hydrogens (tertiary/aromatic N) is 5. The molecule has 4 heterocycles. The van der Waals surface area contributed by atoms with Crippen molar-refractivity contribution in [1.82, 2.24) is 24.6 Å². The van der Waals surface area contributed by atoms with Crippen LogP contribution >= 0.6 is 0 Å². The van der Waals surface area contributed by atoms with E-state index in [9.17, 15) is 14.7 Å². The number of aliphatic hydroxyl groups is 1. The monoisotopic (exact) mass is 387 g/mol. The molecule has 1 unspecified atom stereocenters. The van der Waals surface area contributed by atoms with Gasteiger partial charge in [0.1, 0.15) is 5.82 Å². The van der Waals surface area contributed by atoms with Crippen molar-refractivity contribution in [2.45, 2.75) is 64.0 Å². The average molecular weight is 387 g/mol. The zero-order valence-corrected chi connectivity index (χ0v) is 16.3. The number of aryl methyl sites for hydroxylation is 1. The molecule has 1 atom stereocenters. The number of hydrogen-bond donors (Lipinski definition) is 1. The highest BCUT2D eigenvalue weighted by Gasteiger charge is 2.49. The molecule has 0 radical (unpaired) electrons. The van der Waals surface area contributed by atoms with Crippen molar-refractivity contribution in [2.24, 2.45) is 11.3 Å². The normalized spacial score (nSPS) is 27.2. The topological polar surface area (TPSA) is 91.6 Å². The van der Waals surface area contributed by atoms with Crippen LogP contribution in [0.2, 0.25) is 0 Å². The predicted molar refractivity (Wildman–Crippen MR) is 100 cm³/mol. The van der Waals surface area contributed by atoms with Crippen molar-refractivity contribution < 1.29 is 14.7 Å². The van der Waals surface area contributed by atoms with Gasteiger partial charge in [0, 0.05) is 39.1 Å². The lowest BCUT2D eigenvalue weighted by Gasteiger charge is -2.47. The van der Waals surface area contributed by atoms with E-state index in [1.807, 2.05) is 14.4 Å². The Kier molecular flexibility index (Phi) is 4.41. The fourth-order valence-corrected chi connectivity index (χ4v) is 5.21. The first-order valence-electron chi connectivity index (χ1n) is 10.7. The summed E-state index contributed by atoms with van der Waals surface area (Å²) in [5, 5.41) is 18.8. The van der Waals surface area contributed by atoms with Crippen molar-refractivity contribution in [2.75, 3.05) is 26.2 Å². The van der Waals surface area contributed by atoms with Crippen LogP contribution in [0.15, 0.2) is 0 Å². The highest BCUT2D eigenvalue weighted by molar-refractivity contribution is 5.91. The van der Waals surface area contributed by atoms with Gasteiger partial charge in [-0.05, 0) is 50.9 Å². The summed E-state index contributed by atoms with van der Waals surface area (Å²) in [6, 6.07) is 0. The minimum atomic E-state index is -0.506. The molecule has 1 aliphatic carbocycles. The number of aliphatic hydroxyl groups excluding tert-OH is 1. The Morgan fingerprint density at radius 1 is 1.14 bits per heavy atom. The number of fused-ring (bicyclic) bond motifs is 1. The first kappa shape index (κ1) is 18.1. The summed E-state index contributed by atoms with van der Waals surface area (Å²) < 4.78 is 1.96. The molecule has 1 saturated carbocycles. The van der Waals surface area contributed by atoms with Crippen LogP contribution in [0.4, 0.5) is 0 Å². The summed E-state index contributed by atoms with van der Waals surface area (Å²) in [7, 11) is 0. The van der Waals surface area contributed by atoms with Crippen molar-refractivity contribution in [3.05, 3.63) is 11.6 Å². The molecule has 4 aliphatic rings. The summed E-state index contributed by atoms with van der Waals surface area (Å²) in [5.41, 5.74) is -0.506. The van der Waals surface area contributed by atoms with Gasteiger partial charge in [0.2, 0.25) is 11.7 Å². The first-order valence-corrected chi connectivity index (χ1v) is 10.7. The molecule has 3 aliphatic heterocycles. The summed E-state index contributed by atoms with van der Waals surface area (Å²) >= 11 is 0. The SMILES string of the molecule is O=C(c1nnc2n1CCCC2)N1CCC2(CC1)CC(O)CN(CC1CC1)C2=O. The van der Waals surface area contributed by atoms with Crippen LogP contribution in [-0.4, -0.2) is 73.8 Å². The van der Waals surface area contributed by atoms with Gasteiger partial charge in [0.25, 0.3) is 5.91 Å². The Morgan fingerprint density at radius 2 is 1.93 bits per heavy atom. The summed E-state index contributed by atoms with van der Waals surface area (Å²) in [5.74, 6) is 2.08. The van der Waals surface area contributed by atoms with Crippen LogP contribution in [-0.2, 0) is 17.8 Å². The molecule has 1 aromatic rings. The molecule has 5 rings (SSSR count). The van der Waals surface area contributed by atoms with E-state index in [2.05, 4.69) is 10.2 Å². The highest BCUT2D eigenvalue weighted by Crippen LogP contribution is 2.42. The van der Waals surface area contributed by atoms with Crippen LogP contribution in [0.1, 0.15) is 61.4 Å². The Hall–Kier alpha value is -1.96. The van der Waals surface area contributed by atoms with Gasteiger partial charge >= 0.3 is 0 Å². The van der Waals surface area contributed by atoms with Gasteiger partial charge in [-0.3, -0.25) is 9.59 Å². The number of β-amino-alcohol motifs (C(OH)–C–C–N with tert-alkyl or cyclic N) is 1. The number of carbonyl (C=O) groups is 2. The highest BCUT2D eigenvalue weighted by atomic mass is 16.3. The molecule has 1 N–H and O–H groups in total. The zero-order valence-electron chi connectivity index (χ0n) is 16.3. The second-order valence-electron chi connectivity index (χ2n) is 9.13. The minimum absolute atomic E-state index is 0.0749. The third kappa shape index (κ3) is 3.11. The predicted octanol–water partition coefficient (Wildman–Crippen LogP) is 0.840. The van der Waals surface area contributed by atoms with Crippen LogP contribution in [0, 0.1) is 11.3 Å². The Labute approximate surface area is 164 Å². The van der Waals surface area contributed by atoms with E-state index in [-0.39, 0.29) is 11.8 Å².